The fourth-order valence-corrected chi connectivity index (χ4v) is 7.29. The largest absolute Gasteiger partial charge is 0.551 e. The van der Waals surface area contributed by atoms with Crippen molar-refractivity contribution in [3.63, 3.8) is 0 Å². The van der Waals surface area contributed by atoms with Gasteiger partial charge >= 0.3 is 6.92 Å². The van der Waals surface area contributed by atoms with Gasteiger partial charge in [-0.1, -0.05) is 90.6 Å². The Labute approximate surface area is 344 Å². The van der Waals surface area contributed by atoms with Crippen LogP contribution in [-0.2, 0) is 0 Å². The molecule has 2 aliphatic heterocycles. The van der Waals surface area contributed by atoms with Crippen LogP contribution >= 0.6 is 0 Å². The molecule has 54 heavy (non-hydrogen) atoms. The van der Waals surface area contributed by atoms with Crippen molar-refractivity contribution in [3.8, 4) is 45.2 Å². The summed E-state index contributed by atoms with van der Waals surface area (Å²) in [6, 6.07) is -20.6. The van der Waals surface area contributed by atoms with Gasteiger partial charge in [-0.15, -0.1) is 0 Å². The van der Waals surface area contributed by atoms with Gasteiger partial charge in [-0.3, -0.25) is 0 Å². The molecule has 5 nitrogen and oxygen atoms in total. The average molecular weight is 718 g/mol. The van der Waals surface area contributed by atoms with E-state index in [0.29, 0.717) is 0 Å². The maximum atomic E-state index is 10.1. The first-order valence-electron chi connectivity index (χ1n) is 29.2. The molecule has 3 aromatic heterocycles. The third kappa shape index (κ3) is 3.69. The third-order valence-corrected chi connectivity index (χ3v) is 9.54. The van der Waals surface area contributed by atoms with Gasteiger partial charge in [-0.25, -0.2) is 0 Å². The van der Waals surface area contributed by atoms with E-state index >= 15 is 0 Å². The van der Waals surface area contributed by atoms with Crippen LogP contribution in [0.2, 0.25) is 0 Å². The van der Waals surface area contributed by atoms with E-state index in [1.54, 1.807) is 0 Å². The summed E-state index contributed by atoms with van der Waals surface area (Å²) < 4.78 is 261. The first-order valence-corrected chi connectivity index (χ1v) is 16.2. The van der Waals surface area contributed by atoms with Crippen LogP contribution in [0.1, 0.15) is 35.6 Å². The predicted octanol–water partition coefficient (Wildman–Crippen LogP) is 11.5. The summed E-state index contributed by atoms with van der Waals surface area (Å²) in [5, 5.41) is -2.19. The SMILES string of the molecule is [2H]c1c([2H])c([2H])c2c(c1[2H])OB1c3c([2H])c(-n4c5c([2H])c([2H])c([2H])c([2H])c5c5c([2H])c([2H])c([2H])c([2H])c54)c([2H])c([2H])c3Oc3c([2H])c(-c4c([2H])c([2H])c([2H])c5c4oc4c5c([2H])c([2H])c5oc6c([2H])c([2H])c([2H])c([2H])c6c54)c([2H])c-2c31. The Balaban J connectivity index is 1.17. The topological polar surface area (TPSA) is 49.7 Å². The van der Waals surface area contributed by atoms with Gasteiger partial charge in [0.2, 0.25) is 0 Å². The number of hydrogen-bond donors (Lipinski definition) is 0. The summed E-state index contributed by atoms with van der Waals surface area (Å²) >= 11 is 0. The van der Waals surface area contributed by atoms with Crippen molar-refractivity contribution in [2.45, 2.75) is 0 Å². The van der Waals surface area contributed by atoms with Crippen LogP contribution in [0.3, 0.4) is 0 Å². The minimum Gasteiger partial charge on any atom is -0.551 e. The molecular formula is C48H26BNO4. The molecule has 0 spiro atoms. The Bertz CT molecular complexity index is 4850. The molecule has 11 aromatic rings. The van der Waals surface area contributed by atoms with E-state index in [1.165, 1.54) is 0 Å². The molecule has 13 rings (SSSR count). The second-order valence-corrected chi connectivity index (χ2v) is 12.3. The van der Waals surface area contributed by atoms with Crippen molar-refractivity contribution >= 4 is 83.5 Å². The van der Waals surface area contributed by atoms with E-state index < -0.39 is 264 Å². The highest BCUT2D eigenvalue weighted by molar-refractivity contribution is 6.84. The maximum absolute atomic E-state index is 10.1. The van der Waals surface area contributed by atoms with Crippen molar-refractivity contribution in [2.75, 3.05) is 0 Å². The number of hydrogen-bond acceptors (Lipinski definition) is 4. The second kappa shape index (κ2) is 10.2. The minimum absolute atomic E-state index is 0.258. The molecule has 0 atom stereocenters. The molecule has 0 saturated carbocycles. The molecular weight excluding hydrogens is 665 g/mol. The van der Waals surface area contributed by atoms with Gasteiger partial charge in [0.05, 0.1) is 52.1 Å². The van der Waals surface area contributed by atoms with Gasteiger partial charge in [0, 0.05) is 54.7 Å². The Morgan fingerprint density at radius 3 is 2.07 bits per heavy atom. The van der Waals surface area contributed by atoms with E-state index in [9.17, 15) is 11.0 Å². The summed E-state index contributed by atoms with van der Waals surface area (Å²) in [5.41, 5.74) is -6.80. The van der Waals surface area contributed by atoms with Crippen LogP contribution in [-0.4, -0.2) is 11.5 Å². The zero-order chi connectivity index (χ0) is 57.7. The van der Waals surface area contributed by atoms with Crippen LogP contribution in [0.5, 0.6) is 17.2 Å². The number of aromatic nitrogens is 1. The molecule has 8 aromatic carbocycles. The van der Waals surface area contributed by atoms with E-state index in [1.807, 2.05) is 0 Å². The molecule has 0 amide bonds. The first kappa shape index (κ1) is 13.7. The molecule has 5 heterocycles. The lowest BCUT2D eigenvalue weighted by molar-refractivity contribution is 0.479. The van der Waals surface area contributed by atoms with Crippen LogP contribution in [0, 0.1) is 0 Å². The fourth-order valence-electron chi connectivity index (χ4n) is 7.29. The number of furan rings is 2. The third-order valence-electron chi connectivity index (χ3n) is 9.54. The van der Waals surface area contributed by atoms with E-state index in [0.717, 1.165) is 4.57 Å². The molecule has 0 aliphatic carbocycles. The highest BCUT2D eigenvalue weighted by Gasteiger charge is 2.41. The lowest BCUT2D eigenvalue weighted by Crippen LogP contribution is -2.53. The number of fused-ring (bicyclic) bond motifs is 14. The molecule has 0 unspecified atom stereocenters. The van der Waals surface area contributed by atoms with Crippen molar-refractivity contribution in [1.82, 2.24) is 4.57 Å². The zero-order valence-electron chi connectivity index (χ0n) is 52.7. The number of benzene rings is 8. The van der Waals surface area contributed by atoms with Crippen molar-refractivity contribution < 1.29 is 53.9 Å². The smallest absolute Gasteiger partial charge is 0.434 e. The Hall–Kier alpha value is -7.18. The highest BCUT2D eigenvalue weighted by atomic mass is 16.5. The molecule has 2 aliphatic rings. The van der Waals surface area contributed by atoms with Crippen LogP contribution in [0.4, 0.5) is 0 Å². The van der Waals surface area contributed by atoms with Gasteiger partial charge < -0.3 is 22.8 Å². The maximum Gasteiger partial charge on any atom is 0.434 e. The Kier molecular flexibility index (Phi) is 2.59. The average Bonchev–Trinajstić information content (AvgIpc) is 4.30. The van der Waals surface area contributed by atoms with Gasteiger partial charge in [0.1, 0.15) is 39.6 Å². The molecule has 0 N–H and O–H groups in total. The first-order chi connectivity index (χ1) is 37.6. The minimum atomic E-state index is -1.94. The number of rotatable bonds is 2. The monoisotopic (exact) mass is 717 g/mol. The van der Waals surface area contributed by atoms with Gasteiger partial charge in [0.25, 0.3) is 0 Å². The summed E-state index contributed by atoms with van der Waals surface area (Å²) in [7, 11) is 0. The van der Waals surface area contributed by atoms with E-state index in [2.05, 4.69) is 0 Å². The van der Waals surface area contributed by atoms with Crippen LogP contribution in [0.25, 0.3) is 93.6 Å². The Morgan fingerprint density at radius 1 is 0.481 bits per heavy atom. The summed E-state index contributed by atoms with van der Waals surface area (Å²) in [6.07, 6.45) is 0. The highest BCUT2D eigenvalue weighted by Crippen LogP contribution is 2.45. The Morgan fingerprint density at radius 2 is 1.20 bits per heavy atom. The molecule has 0 fully saturated rings. The zero-order valence-corrected chi connectivity index (χ0v) is 26.7. The lowest BCUT2D eigenvalue weighted by atomic mass is 9.50. The predicted molar refractivity (Wildman–Crippen MR) is 218 cm³/mol. The fraction of sp³-hybridized carbons (Fsp3) is 0. The molecule has 0 saturated heterocycles. The van der Waals surface area contributed by atoms with Crippen molar-refractivity contribution in [2.24, 2.45) is 0 Å². The summed E-state index contributed by atoms with van der Waals surface area (Å²) in [5.74, 6) is -2.02. The standard InChI is InChI=1S/C48H26BNO4/c1-5-16-38-30(10-1)31-11-2-6-17-39(31)50(38)28-20-22-42-37(26-28)49-46-36(32-12-3-8-19-41(32)54-49)24-27(25-44(46)52-42)29-14-9-15-33-34-21-23-43-45(48(34)53-47(29)33)35-13-4-7-18-40(35)51-43/h1-26H/i1D,2D,3D,4D,5D,6D,7D,8D,9D,10D,11D,12D,13D,14D,15D,16D,17D,18D,19D,20D,21D,22D,23D,24D,25D,26D. The van der Waals surface area contributed by atoms with Crippen molar-refractivity contribution in [3.05, 3.63) is 157 Å². The van der Waals surface area contributed by atoms with Crippen LogP contribution < -0.4 is 20.3 Å². The van der Waals surface area contributed by atoms with Gasteiger partial charge in [-0.2, -0.15) is 0 Å². The molecule has 0 radical (unpaired) electrons. The quantitative estimate of drug-likeness (QED) is 0.167. The lowest BCUT2D eigenvalue weighted by Gasteiger charge is -2.33. The number of nitrogens with zero attached hydrogens (tertiary/aromatic N) is 1. The molecule has 6 heteroatoms. The summed E-state index contributed by atoms with van der Waals surface area (Å²) in [6.45, 7) is -1.94. The van der Waals surface area contributed by atoms with Crippen LogP contribution in [0.15, 0.2) is 166 Å². The normalized spacial score (nSPS) is 19.8. The second-order valence-electron chi connectivity index (χ2n) is 12.3. The number of para-hydroxylation sites is 5. The van der Waals surface area contributed by atoms with Crippen molar-refractivity contribution in [1.29, 1.82) is 0 Å². The van der Waals surface area contributed by atoms with E-state index in [-0.39, 0.29) is 21.6 Å². The number of ether oxygens (including phenoxy) is 1. The molecule has 0 bridgehead atoms. The van der Waals surface area contributed by atoms with E-state index in [4.69, 9.17) is 42.9 Å². The summed E-state index contributed by atoms with van der Waals surface area (Å²) in [4.78, 5) is 0. The van der Waals surface area contributed by atoms with Gasteiger partial charge in [0.15, 0.2) is 0 Å². The van der Waals surface area contributed by atoms with Gasteiger partial charge in [-0.05, 0) is 77.6 Å². The molecule has 250 valence electrons.